The van der Waals surface area contributed by atoms with Crippen molar-refractivity contribution in [3.05, 3.63) is 58.4 Å². The van der Waals surface area contributed by atoms with Crippen LogP contribution in [0.25, 0.3) is 10.9 Å². The summed E-state index contributed by atoms with van der Waals surface area (Å²) in [6.07, 6.45) is 1.57. The van der Waals surface area contributed by atoms with Gasteiger partial charge in [0.2, 0.25) is 5.43 Å². The standard InChI is InChI=1S/C21H22N2O5/c1-5-23-12-16(20(24)15-10-13(26-2)6-8-18(15)23)21(25)22-17-11-14(27-3)7-9-19(17)28-4/h6-12H,5H2,1-4H3,(H,22,25). The molecule has 0 spiro atoms. The zero-order valence-electron chi connectivity index (χ0n) is 16.2. The Morgan fingerprint density at radius 1 is 1.00 bits per heavy atom. The molecule has 0 aliphatic carbocycles. The summed E-state index contributed by atoms with van der Waals surface area (Å²) in [6.45, 7) is 2.55. The fourth-order valence-corrected chi connectivity index (χ4v) is 3.03. The molecule has 1 heterocycles. The van der Waals surface area contributed by atoms with Crippen molar-refractivity contribution < 1.29 is 19.0 Å². The van der Waals surface area contributed by atoms with E-state index in [1.165, 1.54) is 21.3 Å². The molecule has 1 N–H and O–H groups in total. The lowest BCUT2D eigenvalue weighted by molar-refractivity contribution is 0.102. The topological polar surface area (TPSA) is 78.8 Å². The third kappa shape index (κ3) is 3.51. The number of methoxy groups -OCH3 is 3. The van der Waals surface area contributed by atoms with E-state index in [9.17, 15) is 9.59 Å². The zero-order valence-corrected chi connectivity index (χ0v) is 16.2. The fourth-order valence-electron chi connectivity index (χ4n) is 3.03. The lowest BCUT2D eigenvalue weighted by Gasteiger charge is -2.14. The van der Waals surface area contributed by atoms with Crippen molar-refractivity contribution in [2.45, 2.75) is 13.5 Å². The van der Waals surface area contributed by atoms with Crippen LogP contribution in [0.2, 0.25) is 0 Å². The Kier molecular flexibility index (Phi) is 5.54. The predicted molar refractivity (Wildman–Crippen MR) is 108 cm³/mol. The van der Waals surface area contributed by atoms with Crippen LogP contribution in [0.1, 0.15) is 17.3 Å². The Labute approximate surface area is 162 Å². The van der Waals surface area contributed by atoms with E-state index in [4.69, 9.17) is 14.2 Å². The highest BCUT2D eigenvalue weighted by atomic mass is 16.5. The molecular weight excluding hydrogens is 360 g/mol. The summed E-state index contributed by atoms with van der Waals surface area (Å²) >= 11 is 0. The minimum Gasteiger partial charge on any atom is -0.497 e. The molecule has 3 rings (SSSR count). The first-order valence-electron chi connectivity index (χ1n) is 8.77. The lowest BCUT2D eigenvalue weighted by atomic mass is 10.1. The van der Waals surface area contributed by atoms with Crippen LogP contribution >= 0.6 is 0 Å². The molecule has 0 fully saturated rings. The summed E-state index contributed by atoms with van der Waals surface area (Å²) in [5.74, 6) is 1.06. The van der Waals surface area contributed by atoms with Crippen LogP contribution in [-0.4, -0.2) is 31.8 Å². The van der Waals surface area contributed by atoms with Crippen LogP contribution in [0.15, 0.2) is 47.4 Å². The molecule has 0 saturated carbocycles. The van der Waals surface area contributed by atoms with E-state index in [0.717, 1.165) is 5.52 Å². The molecule has 3 aromatic rings. The molecule has 0 bridgehead atoms. The molecule has 0 saturated heterocycles. The van der Waals surface area contributed by atoms with Gasteiger partial charge in [0, 0.05) is 18.8 Å². The molecule has 7 nitrogen and oxygen atoms in total. The second-order valence-corrected chi connectivity index (χ2v) is 6.06. The Morgan fingerprint density at radius 3 is 2.32 bits per heavy atom. The number of fused-ring (bicyclic) bond motifs is 1. The number of rotatable bonds is 6. The van der Waals surface area contributed by atoms with Crippen LogP contribution in [0.4, 0.5) is 5.69 Å². The third-order valence-electron chi connectivity index (χ3n) is 4.53. The maximum Gasteiger partial charge on any atom is 0.261 e. The number of nitrogens with one attached hydrogen (secondary N) is 1. The van der Waals surface area contributed by atoms with E-state index in [-0.39, 0.29) is 11.0 Å². The maximum absolute atomic E-state index is 13.0. The summed E-state index contributed by atoms with van der Waals surface area (Å²) in [5, 5.41) is 3.17. The first-order chi connectivity index (χ1) is 13.5. The molecular formula is C21H22N2O5. The van der Waals surface area contributed by atoms with Gasteiger partial charge in [-0.1, -0.05) is 0 Å². The number of aromatic nitrogens is 1. The van der Waals surface area contributed by atoms with E-state index in [2.05, 4.69) is 5.32 Å². The second kappa shape index (κ2) is 8.04. The number of hydrogen-bond donors (Lipinski definition) is 1. The van der Waals surface area contributed by atoms with Crippen LogP contribution in [0, 0.1) is 0 Å². The lowest BCUT2D eigenvalue weighted by Crippen LogP contribution is -2.24. The molecule has 0 atom stereocenters. The summed E-state index contributed by atoms with van der Waals surface area (Å²) in [4.78, 5) is 25.9. The van der Waals surface area contributed by atoms with Gasteiger partial charge >= 0.3 is 0 Å². The molecule has 0 radical (unpaired) electrons. The van der Waals surface area contributed by atoms with Crippen molar-refractivity contribution in [1.29, 1.82) is 0 Å². The minimum atomic E-state index is -0.525. The Bertz CT molecular complexity index is 1090. The average molecular weight is 382 g/mol. The molecule has 2 aromatic carbocycles. The highest BCUT2D eigenvalue weighted by Gasteiger charge is 2.18. The van der Waals surface area contributed by atoms with Gasteiger partial charge in [0.1, 0.15) is 22.8 Å². The maximum atomic E-state index is 13.0. The highest BCUT2D eigenvalue weighted by Crippen LogP contribution is 2.29. The molecule has 28 heavy (non-hydrogen) atoms. The van der Waals surface area contributed by atoms with Crippen LogP contribution in [0.5, 0.6) is 17.2 Å². The molecule has 0 unspecified atom stereocenters. The number of hydrogen-bond acceptors (Lipinski definition) is 5. The smallest absolute Gasteiger partial charge is 0.261 e. The number of nitrogens with zero attached hydrogens (tertiary/aromatic N) is 1. The number of carbonyl (C=O) groups excluding carboxylic acids is 1. The molecule has 0 aliphatic heterocycles. The molecule has 146 valence electrons. The van der Waals surface area contributed by atoms with Gasteiger partial charge in [-0.25, -0.2) is 0 Å². The van der Waals surface area contributed by atoms with Gasteiger partial charge in [0.25, 0.3) is 5.91 Å². The quantitative estimate of drug-likeness (QED) is 0.708. The predicted octanol–water partition coefficient (Wildman–Crippen LogP) is 3.30. The van der Waals surface area contributed by atoms with Crippen molar-refractivity contribution in [1.82, 2.24) is 4.57 Å². The Hall–Kier alpha value is -3.48. The van der Waals surface area contributed by atoms with Gasteiger partial charge < -0.3 is 24.1 Å². The van der Waals surface area contributed by atoms with Gasteiger partial charge in [-0.3, -0.25) is 9.59 Å². The van der Waals surface area contributed by atoms with Gasteiger partial charge in [-0.15, -0.1) is 0 Å². The van der Waals surface area contributed by atoms with Gasteiger partial charge in [-0.2, -0.15) is 0 Å². The van der Waals surface area contributed by atoms with Crippen molar-refractivity contribution in [3.8, 4) is 17.2 Å². The molecule has 7 heteroatoms. The van der Waals surface area contributed by atoms with Crippen LogP contribution in [0.3, 0.4) is 0 Å². The van der Waals surface area contributed by atoms with Gasteiger partial charge in [0.15, 0.2) is 0 Å². The fraction of sp³-hybridized carbons (Fsp3) is 0.238. The zero-order chi connectivity index (χ0) is 20.3. The number of aryl methyl sites for hydroxylation is 1. The van der Waals surface area contributed by atoms with E-state index in [1.807, 2.05) is 17.6 Å². The first kappa shape index (κ1) is 19.3. The monoisotopic (exact) mass is 382 g/mol. The molecule has 1 aromatic heterocycles. The van der Waals surface area contributed by atoms with Crippen LogP contribution < -0.4 is 25.0 Å². The van der Waals surface area contributed by atoms with E-state index >= 15 is 0 Å². The number of amides is 1. The number of anilines is 1. The van der Waals surface area contributed by atoms with E-state index < -0.39 is 5.91 Å². The number of benzene rings is 2. The normalized spacial score (nSPS) is 10.6. The van der Waals surface area contributed by atoms with E-state index in [0.29, 0.717) is 34.9 Å². The van der Waals surface area contributed by atoms with Crippen molar-refractivity contribution in [2.75, 3.05) is 26.6 Å². The number of pyridine rings is 1. The second-order valence-electron chi connectivity index (χ2n) is 6.06. The van der Waals surface area contributed by atoms with Gasteiger partial charge in [-0.05, 0) is 37.3 Å². The highest BCUT2D eigenvalue weighted by molar-refractivity contribution is 6.06. The molecule has 1 amide bonds. The minimum absolute atomic E-state index is 0.0347. The summed E-state index contributed by atoms with van der Waals surface area (Å²) in [5.41, 5.74) is 0.828. The Balaban J connectivity index is 2.09. The summed E-state index contributed by atoms with van der Waals surface area (Å²) in [7, 11) is 4.57. The SMILES string of the molecule is CCn1cc(C(=O)Nc2cc(OC)ccc2OC)c(=O)c2cc(OC)ccc21. The number of ether oxygens (including phenoxy) is 3. The number of carbonyl (C=O) groups is 1. The van der Waals surface area contributed by atoms with Gasteiger partial charge in [0.05, 0.1) is 37.9 Å². The Morgan fingerprint density at radius 2 is 1.68 bits per heavy atom. The average Bonchev–Trinajstić information content (AvgIpc) is 2.73. The summed E-state index contributed by atoms with van der Waals surface area (Å²) < 4.78 is 17.6. The van der Waals surface area contributed by atoms with Crippen LogP contribution in [-0.2, 0) is 6.54 Å². The molecule has 0 aliphatic rings. The van der Waals surface area contributed by atoms with Crippen molar-refractivity contribution >= 4 is 22.5 Å². The van der Waals surface area contributed by atoms with E-state index in [1.54, 1.807) is 36.5 Å². The first-order valence-corrected chi connectivity index (χ1v) is 8.77. The third-order valence-corrected chi connectivity index (χ3v) is 4.53. The van der Waals surface area contributed by atoms with Crippen molar-refractivity contribution in [3.63, 3.8) is 0 Å². The summed E-state index contributed by atoms with van der Waals surface area (Å²) in [6, 6.07) is 10.3. The van der Waals surface area contributed by atoms with Crippen molar-refractivity contribution in [2.24, 2.45) is 0 Å². The largest absolute Gasteiger partial charge is 0.497 e.